The average Bonchev–Trinajstić information content (AvgIpc) is 3.54. The second-order valence-electron chi connectivity index (χ2n) is 12.0. The number of hydrogen-bond donors (Lipinski definition) is 8. The molecule has 1 spiro atoms. The molecule has 0 radical (unpaired) electrons. The summed E-state index contributed by atoms with van der Waals surface area (Å²) in [7, 11) is 0. The molecule has 2 aromatic rings. The summed E-state index contributed by atoms with van der Waals surface area (Å²) in [6.45, 7) is 2.65. The summed E-state index contributed by atoms with van der Waals surface area (Å²) < 4.78 is 3.43. The van der Waals surface area contributed by atoms with Crippen molar-refractivity contribution in [2.75, 3.05) is 26.2 Å². The molecule has 2 saturated heterocycles. The number of carbonyl (C=O) groups is 2. The molecule has 256 valence electrons. The Morgan fingerprint density at radius 1 is 1.10 bits per heavy atom. The van der Waals surface area contributed by atoms with Gasteiger partial charge in [-0.1, -0.05) is 40.3 Å². The van der Waals surface area contributed by atoms with E-state index in [-0.39, 0.29) is 22.6 Å². The maximum atomic E-state index is 13.5. The maximum absolute atomic E-state index is 13.5. The number of dihydropyridines is 1. The largest absolute Gasteiger partial charge is 0.386 e. The van der Waals surface area contributed by atoms with Crippen LogP contribution in [0.4, 0.5) is 0 Å². The van der Waals surface area contributed by atoms with E-state index in [0.29, 0.717) is 58.4 Å². The van der Waals surface area contributed by atoms with Crippen molar-refractivity contribution in [3.63, 3.8) is 0 Å². The Morgan fingerprint density at radius 3 is 2.58 bits per heavy atom. The number of piperidine rings is 1. The molecule has 0 bridgehead atoms. The SMILES string of the molecule is NN=NC1=C(Cl)NC(C(=O)NC2NC3(CCN(C(=O)CCCn4c(=O)n(C5=CNCC=C5)c5ccccc54)CC3)CN2N)C(N=NN)N1. The number of halogens is 1. The minimum absolute atomic E-state index is 0.0104. The lowest BCUT2D eigenvalue weighted by molar-refractivity contribution is -0.133. The van der Waals surface area contributed by atoms with Gasteiger partial charge in [0, 0.05) is 50.9 Å². The maximum Gasteiger partial charge on any atom is 0.333 e. The minimum atomic E-state index is -1.00. The van der Waals surface area contributed by atoms with Gasteiger partial charge in [0.15, 0.2) is 12.0 Å². The Morgan fingerprint density at radius 2 is 1.88 bits per heavy atom. The van der Waals surface area contributed by atoms with Crippen molar-refractivity contribution in [2.45, 2.75) is 56.3 Å². The Hall–Kier alpha value is -4.98. The van der Waals surface area contributed by atoms with Crippen molar-refractivity contribution in [1.82, 2.24) is 45.6 Å². The lowest BCUT2D eigenvalue weighted by Gasteiger charge is -2.39. The van der Waals surface area contributed by atoms with E-state index in [2.05, 4.69) is 47.3 Å². The van der Waals surface area contributed by atoms with Crippen LogP contribution in [0.2, 0.25) is 0 Å². The minimum Gasteiger partial charge on any atom is -0.386 e. The number of benzene rings is 1. The van der Waals surface area contributed by atoms with E-state index in [4.69, 9.17) is 29.1 Å². The zero-order chi connectivity index (χ0) is 33.8. The summed E-state index contributed by atoms with van der Waals surface area (Å²) in [4.78, 5) is 41.8. The fraction of sp³-hybridized carbons (Fsp3) is 0.464. The molecule has 0 aliphatic carbocycles. The molecule has 2 fully saturated rings. The van der Waals surface area contributed by atoms with E-state index in [1.165, 1.54) is 5.01 Å². The van der Waals surface area contributed by atoms with Gasteiger partial charge in [0.2, 0.25) is 11.8 Å². The van der Waals surface area contributed by atoms with Crippen LogP contribution in [0.1, 0.15) is 25.7 Å². The number of hydrogen-bond acceptors (Lipinski definition) is 13. The van der Waals surface area contributed by atoms with E-state index >= 15 is 0 Å². The monoisotopic (exact) mass is 682 g/mol. The van der Waals surface area contributed by atoms with Gasteiger partial charge in [-0.05, 0) is 37.5 Å². The molecular formula is C28H39ClN16O3. The number of nitrogens with two attached hydrogens (primary N) is 3. The molecule has 2 amide bonds. The molecule has 5 heterocycles. The molecule has 1 aromatic heterocycles. The number of nitrogens with zero attached hydrogens (tertiary/aromatic N) is 8. The zero-order valence-electron chi connectivity index (χ0n) is 26.0. The van der Waals surface area contributed by atoms with E-state index in [9.17, 15) is 14.4 Å². The first kappa shape index (κ1) is 32.9. The van der Waals surface area contributed by atoms with Gasteiger partial charge in [0.25, 0.3) is 0 Å². The summed E-state index contributed by atoms with van der Waals surface area (Å²) in [5.74, 6) is 16.3. The van der Waals surface area contributed by atoms with Gasteiger partial charge in [-0.25, -0.2) is 9.80 Å². The van der Waals surface area contributed by atoms with Gasteiger partial charge in [0.1, 0.15) is 17.5 Å². The molecule has 0 saturated carbocycles. The third-order valence-corrected chi connectivity index (χ3v) is 9.26. The van der Waals surface area contributed by atoms with Gasteiger partial charge >= 0.3 is 5.69 Å². The third kappa shape index (κ3) is 6.57. The lowest BCUT2D eigenvalue weighted by atomic mass is 9.88. The first-order valence-corrected chi connectivity index (χ1v) is 15.9. The molecule has 3 atom stereocenters. The van der Waals surface area contributed by atoms with Crippen LogP contribution in [-0.2, 0) is 16.1 Å². The number of hydrazine groups is 1. The van der Waals surface area contributed by atoms with Gasteiger partial charge in [-0.15, -0.1) is 10.2 Å². The van der Waals surface area contributed by atoms with Crippen molar-refractivity contribution in [3.05, 3.63) is 64.1 Å². The van der Waals surface area contributed by atoms with Crippen LogP contribution in [-0.4, -0.2) is 81.1 Å². The van der Waals surface area contributed by atoms with Crippen molar-refractivity contribution >= 4 is 40.1 Å². The lowest BCUT2D eigenvalue weighted by Crippen LogP contribution is -2.63. The average molecular weight is 683 g/mol. The number of rotatable bonds is 9. The summed E-state index contributed by atoms with van der Waals surface area (Å²) >= 11 is 6.20. The fourth-order valence-corrected chi connectivity index (χ4v) is 6.80. The van der Waals surface area contributed by atoms with E-state index in [1.807, 2.05) is 47.5 Å². The Bertz CT molecular complexity index is 1750. The molecule has 11 N–H and O–H groups in total. The number of likely N-dealkylation sites (tertiary alicyclic amines) is 1. The van der Waals surface area contributed by atoms with Gasteiger partial charge < -0.3 is 37.9 Å². The van der Waals surface area contributed by atoms with Crippen LogP contribution in [0.25, 0.3) is 16.7 Å². The number of amides is 2. The number of aryl methyl sites for hydroxylation is 1. The normalized spacial score (nSPS) is 24.2. The van der Waals surface area contributed by atoms with Crippen LogP contribution in [0.3, 0.4) is 0 Å². The predicted molar refractivity (Wildman–Crippen MR) is 176 cm³/mol. The molecular weight excluding hydrogens is 644 g/mol. The molecule has 4 aliphatic heterocycles. The highest BCUT2D eigenvalue weighted by atomic mass is 35.5. The molecule has 1 aromatic carbocycles. The fourth-order valence-electron chi connectivity index (χ4n) is 6.59. The highest BCUT2D eigenvalue weighted by Gasteiger charge is 2.46. The van der Waals surface area contributed by atoms with Crippen LogP contribution >= 0.6 is 11.6 Å². The van der Waals surface area contributed by atoms with Crippen LogP contribution in [0, 0.1) is 0 Å². The summed E-state index contributed by atoms with van der Waals surface area (Å²) in [6.07, 6.45) is 6.20. The Balaban J connectivity index is 1.02. The highest BCUT2D eigenvalue weighted by molar-refractivity contribution is 6.29. The van der Waals surface area contributed by atoms with Crippen LogP contribution < -0.4 is 49.8 Å². The first-order valence-electron chi connectivity index (χ1n) is 15.6. The van der Waals surface area contributed by atoms with Gasteiger partial charge in [0.05, 0.1) is 16.7 Å². The summed E-state index contributed by atoms with van der Waals surface area (Å²) in [6, 6.07) is 6.67. The second kappa shape index (κ2) is 14.0. The number of fused-ring (bicyclic) bond motifs is 1. The summed E-state index contributed by atoms with van der Waals surface area (Å²) in [5.41, 5.74) is 1.87. The number of para-hydroxylation sites is 2. The molecule has 19 nitrogen and oxygen atoms in total. The molecule has 48 heavy (non-hydrogen) atoms. The Labute approximate surface area is 279 Å². The van der Waals surface area contributed by atoms with Crippen molar-refractivity contribution in [3.8, 4) is 0 Å². The number of carbonyl (C=O) groups excluding carboxylic acids is 2. The molecule has 6 rings (SSSR count). The van der Waals surface area contributed by atoms with Crippen LogP contribution in [0.15, 0.2) is 79.1 Å². The van der Waals surface area contributed by atoms with E-state index < -0.39 is 29.9 Å². The first-order chi connectivity index (χ1) is 23.2. The summed E-state index contributed by atoms with van der Waals surface area (Å²) in [5, 5.41) is 30.6. The van der Waals surface area contributed by atoms with Gasteiger partial charge in [-0.2, -0.15) is 0 Å². The molecule has 3 unspecified atom stereocenters. The number of allylic oxidation sites excluding steroid dienone is 2. The standard InChI is InChI=1S/C28H39ClN16O3/c29-22-24(39-41-31)35-23(38-40-30)21(34-22)25(47)36-26-37-28(16-44(26)32)9-13-42(14-10-28)20(46)8-4-12-43-18-6-1-2-7-19(18)45(27(43)48)17-5-3-11-33-15-17/h1-3,5-7,15,21,23,26,33-35,37H,4,8-14,16,32H2,(H2,30,38)(H2,31,39)(H,36,47). The highest BCUT2D eigenvalue weighted by Crippen LogP contribution is 2.29. The van der Waals surface area contributed by atoms with Crippen LogP contribution in [0.5, 0.6) is 0 Å². The second-order valence-corrected chi connectivity index (χ2v) is 12.3. The number of nitrogens with one attached hydrogen (secondary N) is 5. The van der Waals surface area contributed by atoms with Crippen molar-refractivity contribution < 1.29 is 9.59 Å². The quantitative estimate of drug-likeness (QED) is 0.0688. The molecule has 4 aliphatic rings. The van der Waals surface area contributed by atoms with Crippen molar-refractivity contribution in [1.29, 1.82) is 0 Å². The number of aromatic nitrogens is 2. The topological polar surface area (TPSA) is 255 Å². The van der Waals surface area contributed by atoms with Crippen molar-refractivity contribution in [2.24, 2.45) is 38.2 Å². The predicted octanol–water partition coefficient (Wildman–Crippen LogP) is -1.01. The Kier molecular flexibility index (Phi) is 9.62. The molecule has 20 heteroatoms. The third-order valence-electron chi connectivity index (χ3n) is 8.97. The smallest absolute Gasteiger partial charge is 0.333 e. The van der Waals surface area contributed by atoms with E-state index in [1.54, 1.807) is 9.13 Å². The van der Waals surface area contributed by atoms with E-state index in [0.717, 1.165) is 16.7 Å². The zero-order valence-corrected chi connectivity index (χ0v) is 26.8. The van der Waals surface area contributed by atoms with Gasteiger partial charge in [-0.3, -0.25) is 29.9 Å². The number of imidazole rings is 1.